The quantitative estimate of drug-likeness (QED) is 0.166. The molecule has 8 nitrogen and oxygen atoms in total. The van der Waals surface area contributed by atoms with Crippen molar-refractivity contribution in [2.45, 2.75) is 6.42 Å². The van der Waals surface area contributed by atoms with E-state index in [1.54, 1.807) is 6.20 Å². The number of allylic oxidation sites excluding steroid dienone is 1. The van der Waals surface area contributed by atoms with Crippen molar-refractivity contribution in [3.05, 3.63) is 114 Å². The Hall–Kier alpha value is -5.28. The van der Waals surface area contributed by atoms with Crippen molar-refractivity contribution in [2.24, 2.45) is 0 Å². The summed E-state index contributed by atoms with van der Waals surface area (Å²) in [5.41, 5.74) is 6.82. The summed E-state index contributed by atoms with van der Waals surface area (Å²) in [5, 5.41) is 11.3. The van der Waals surface area contributed by atoms with Crippen molar-refractivity contribution in [2.75, 3.05) is 16.0 Å². The summed E-state index contributed by atoms with van der Waals surface area (Å²) in [5.74, 6) is 1.27. The zero-order valence-corrected chi connectivity index (χ0v) is 22.2. The SMILES string of the molecule is C=CC(=O)Nc1ccc(C(=C)Nc2cccc(Nc3nc(Oc4cnc5c(c4)C=CC5)c4sccc4n3)c2)cc1. The van der Waals surface area contributed by atoms with E-state index in [1.807, 2.05) is 66.0 Å². The molecule has 9 heteroatoms. The predicted molar refractivity (Wildman–Crippen MR) is 162 cm³/mol. The second-order valence-electron chi connectivity index (χ2n) is 8.98. The fourth-order valence-corrected chi connectivity index (χ4v) is 4.99. The molecule has 0 unspecified atom stereocenters. The van der Waals surface area contributed by atoms with Crippen molar-refractivity contribution >= 4 is 62.2 Å². The van der Waals surface area contributed by atoms with Gasteiger partial charge >= 0.3 is 0 Å². The molecule has 3 N–H and O–H groups in total. The third-order valence-corrected chi connectivity index (χ3v) is 7.07. The smallest absolute Gasteiger partial charge is 0.247 e. The maximum Gasteiger partial charge on any atom is 0.247 e. The minimum atomic E-state index is -0.257. The van der Waals surface area contributed by atoms with Crippen LogP contribution in [0.3, 0.4) is 0 Å². The summed E-state index contributed by atoms with van der Waals surface area (Å²) in [4.78, 5) is 25.4. The molecule has 0 radical (unpaired) electrons. The van der Waals surface area contributed by atoms with Gasteiger partial charge in [0.1, 0.15) is 10.4 Å². The van der Waals surface area contributed by atoms with Crippen LogP contribution in [0, 0.1) is 0 Å². The number of hydrogen-bond donors (Lipinski definition) is 3. The lowest BCUT2D eigenvalue weighted by molar-refractivity contribution is -0.111. The first-order valence-electron chi connectivity index (χ1n) is 12.5. The molecular formula is C31H24N6O2S. The molecule has 0 fully saturated rings. The highest BCUT2D eigenvalue weighted by atomic mass is 32.1. The second-order valence-corrected chi connectivity index (χ2v) is 9.90. The molecule has 0 saturated carbocycles. The van der Waals surface area contributed by atoms with Crippen LogP contribution in [0.1, 0.15) is 16.8 Å². The molecule has 5 aromatic rings. The van der Waals surface area contributed by atoms with Crippen molar-refractivity contribution in [1.82, 2.24) is 15.0 Å². The average Bonchev–Trinajstić information content (AvgIpc) is 3.63. The molecule has 3 heterocycles. The summed E-state index contributed by atoms with van der Waals surface area (Å²) >= 11 is 1.53. The first-order valence-corrected chi connectivity index (χ1v) is 13.4. The number of nitrogens with zero attached hydrogens (tertiary/aromatic N) is 3. The van der Waals surface area contributed by atoms with Crippen LogP contribution in [0.25, 0.3) is 22.0 Å². The number of aromatic nitrogens is 3. The molecule has 196 valence electrons. The van der Waals surface area contributed by atoms with E-state index in [4.69, 9.17) is 4.74 Å². The molecule has 0 atom stereocenters. The number of rotatable bonds is 9. The standard InChI is InChI=1S/C31H24N6O2S/c1-3-28(38)34-22-12-10-20(11-13-22)19(2)33-23-7-5-8-24(17-23)35-31-36-27-14-15-40-29(27)30(37-31)39-25-16-21-6-4-9-26(21)32-18-25/h3-8,10-18,33H,1-2,9H2,(H,34,38)(H,35,36,37). The number of nitrogens with one attached hydrogen (secondary N) is 3. The van der Waals surface area contributed by atoms with E-state index in [0.717, 1.165) is 44.8 Å². The highest BCUT2D eigenvalue weighted by Gasteiger charge is 2.14. The number of anilines is 4. The molecule has 0 spiro atoms. The monoisotopic (exact) mass is 544 g/mol. The molecule has 6 rings (SSSR count). The summed E-state index contributed by atoms with van der Waals surface area (Å²) < 4.78 is 7.05. The van der Waals surface area contributed by atoms with Crippen LogP contribution in [0.2, 0.25) is 0 Å². The van der Waals surface area contributed by atoms with Crippen LogP contribution < -0.4 is 20.7 Å². The van der Waals surface area contributed by atoms with Gasteiger partial charge in [-0.2, -0.15) is 4.98 Å². The van der Waals surface area contributed by atoms with Crippen molar-refractivity contribution < 1.29 is 9.53 Å². The molecule has 2 aromatic carbocycles. The summed E-state index contributed by atoms with van der Waals surface area (Å²) in [7, 11) is 0. The normalized spacial score (nSPS) is 11.6. The van der Waals surface area contributed by atoms with Crippen LogP contribution in [-0.4, -0.2) is 20.9 Å². The van der Waals surface area contributed by atoms with Gasteiger partial charge in [0.25, 0.3) is 0 Å². The van der Waals surface area contributed by atoms with E-state index in [-0.39, 0.29) is 5.91 Å². The van der Waals surface area contributed by atoms with Crippen LogP contribution >= 0.6 is 11.3 Å². The van der Waals surface area contributed by atoms with Gasteiger partial charge in [-0.15, -0.1) is 11.3 Å². The van der Waals surface area contributed by atoms with E-state index in [0.29, 0.717) is 29.0 Å². The van der Waals surface area contributed by atoms with E-state index in [2.05, 4.69) is 56.2 Å². The number of fused-ring (bicyclic) bond motifs is 2. The fraction of sp³-hybridized carbons (Fsp3) is 0.0323. The van der Waals surface area contributed by atoms with E-state index < -0.39 is 0 Å². The van der Waals surface area contributed by atoms with E-state index in [9.17, 15) is 4.79 Å². The lowest BCUT2D eigenvalue weighted by Crippen LogP contribution is -2.07. The topological polar surface area (TPSA) is 101 Å². The summed E-state index contributed by atoms with van der Waals surface area (Å²) in [6.07, 6.45) is 7.95. The van der Waals surface area contributed by atoms with Crippen molar-refractivity contribution in [1.29, 1.82) is 0 Å². The number of benzene rings is 2. The lowest BCUT2D eigenvalue weighted by atomic mass is 10.1. The van der Waals surface area contributed by atoms with Crippen LogP contribution in [0.15, 0.2) is 97.6 Å². The molecule has 40 heavy (non-hydrogen) atoms. The Labute approximate surface area is 234 Å². The molecular weight excluding hydrogens is 520 g/mol. The molecule has 1 aliphatic carbocycles. The van der Waals surface area contributed by atoms with Gasteiger partial charge in [-0.1, -0.05) is 43.5 Å². The third-order valence-electron chi connectivity index (χ3n) is 6.17. The number of hydrogen-bond acceptors (Lipinski definition) is 8. The zero-order valence-electron chi connectivity index (χ0n) is 21.3. The maximum absolute atomic E-state index is 11.5. The van der Waals surface area contributed by atoms with Gasteiger partial charge in [-0.05, 0) is 65.0 Å². The minimum absolute atomic E-state index is 0.257. The Morgan fingerprint density at radius 1 is 1.00 bits per heavy atom. The Bertz CT molecular complexity index is 1790. The van der Waals surface area contributed by atoms with Gasteiger partial charge in [-0.25, -0.2) is 4.98 Å². The van der Waals surface area contributed by atoms with Gasteiger partial charge in [0.15, 0.2) is 0 Å². The number of carbonyl (C=O) groups excluding carboxylic acids is 1. The Balaban J connectivity index is 1.18. The minimum Gasteiger partial charge on any atom is -0.436 e. The number of amides is 1. The van der Waals surface area contributed by atoms with Gasteiger partial charge in [-0.3, -0.25) is 9.78 Å². The second kappa shape index (κ2) is 10.8. The molecule has 3 aromatic heterocycles. The van der Waals surface area contributed by atoms with Crippen LogP contribution in [0.5, 0.6) is 11.6 Å². The third kappa shape index (κ3) is 5.45. The predicted octanol–water partition coefficient (Wildman–Crippen LogP) is 7.40. The largest absolute Gasteiger partial charge is 0.436 e. The first kappa shape index (κ1) is 25.0. The maximum atomic E-state index is 11.5. The van der Waals surface area contributed by atoms with Crippen LogP contribution in [0.4, 0.5) is 23.0 Å². The summed E-state index contributed by atoms with van der Waals surface area (Å²) in [6, 6.07) is 19.1. The van der Waals surface area contributed by atoms with E-state index in [1.165, 1.54) is 17.4 Å². The number of ether oxygens (including phenoxy) is 1. The first-order chi connectivity index (χ1) is 19.5. The highest BCUT2D eigenvalue weighted by Crippen LogP contribution is 2.34. The van der Waals surface area contributed by atoms with Gasteiger partial charge < -0.3 is 20.7 Å². The Morgan fingerprint density at radius 3 is 2.70 bits per heavy atom. The number of thiophene rings is 1. The Morgan fingerprint density at radius 2 is 1.85 bits per heavy atom. The molecule has 0 saturated heterocycles. The van der Waals surface area contributed by atoms with E-state index >= 15 is 0 Å². The lowest BCUT2D eigenvalue weighted by Gasteiger charge is -2.13. The number of pyridine rings is 1. The Kier molecular flexibility index (Phi) is 6.78. The molecule has 1 amide bonds. The highest BCUT2D eigenvalue weighted by molar-refractivity contribution is 7.17. The van der Waals surface area contributed by atoms with Crippen molar-refractivity contribution in [3.63, 3.8) is 0 Å². The van der Waals surface area contributed by atoms with Gasteiger partial charge in [0.2, 0.25) is 17.7 Å². The molecule has 1 aliphatic rings. The fourth-order valence-electron chi connectivity index (χ4n) is 4.23. The van der Waals surface area contributed by atoms with Gasteiger partial charge in [0, 0.05) is 29.2 Å². The number of carbonyl (C=O) groups is 1. The summed E-state index contributed by atoms with van der Waals surface area (Å²) in [6.45, 7) is 7.62. The zero-order chi connectivity index (χ0) is 27.5. The molecule has 0 aliphatic heterocycles. The van der Waals surface area contributed by atoms with Crippen molar-refractivity contribution in [3.8, 4) is 11.6 Å². The van der Waals surface area contributed by atoms with Gasteiger partial charge in [0.05, 0.1) is 17.4 Å². The molecule has 0 bridgehead atoms. The van der Waals surface area contributed by atoms with Crippen LogP contribution in [-0.2, 0) is 11.2 Å². The average molecular weight is 545 g/mol.